The first-order chi connectivity index (χ1) is 9.92. The van der Waals surface area contributed by atoms with E-state index in [0.29, 0.717) is 41.4 Å². The van der Waals surface area contributed by atoms with Crippen molar-refractivity contribution in [1.29, 1.82) is 0 Å². The highest BCUT2D eigenvalue weighted by Gasteiger charge is 2.49. The summed E-state index contributed by atoms with van der Waals surface area (Å²) in [5.74, 6) is -1.22. The lowest BCUT2D eigenvalue weighted by Gasteiger charge is -2.34. The van der Waals surface area contributed by atoms with E-state index in [-0.39, 0.29) is 11.7 Å². The van der Waals surface area contributed by atoms with Crippen LogP contribution in [0, 0.1) is 3.57 Å². The molecule has 2 N–H and O–H groups in total. The quantitative estimate of drug-likeness (QED) is 0.759. The first kappa shape index (κ1) is 16.1. The van der Waals surface area contributed by atoms with E-state index in [1.807, 2.05) is 29.5 Å². The second-order valence-corrected chi connectivity index (χ2v) is 6.48. The van der Waals surface area contributed by atoms with Crippen LogP contribution in [0.15, 0.2) is 18.2 Å². The van der Waals surface area contributed by atoms with Crippen LogP contribution in [-0.4, -0.2) is 39.1 Å². The van der Waals surface area contributed by atoms with Gasteiger partial charge in [0.2, 0.25) is 0 Å². The van der Waals surface area contributed by atoms with E-state index in [4.69, 9.17) is 0 Å². The first-order valence-electron chi connectivity index (χ1n) is 6.96. The fourth-order valence-corrected chi connectivity index (χ4v) is 3.31. The Balaban J connectivity index is 2.36. The van der Waals surface area contributed by atoms with Gasteiger partial charge in [-0.05, 0) is 60.1 Å². The van der Waals surface area contributed by atoms with E-state index >= 15 is 0 Å². The fourth-order valence-electron chi connectivity index (χ4n) is 2.98. The lowest BCUT2D eigenvalue weighted by atomic mass is 9.90. The maximum atomic E-state index is 12.7. The van der Waals surface area contributed by atoms with Crippen LogP contribution < -0.4 is 0 Å². The average Bonchev–Trinajstić information content (AvgIpc) is 2.86. The number of rotatable bonds is 4. The van der Waals surface area contributed by atoms with E-state index in [1.54, 1.807) is 12.1 Å². The van der Waals surface area contributed by atoms with Crippen LogP contribution in [-0.2, 0) is 4.79 Å². The van der Waals surface area contributed by atoms with Crippen LogP contribution in [0.25, 0.3) is 0 Å². The van der Waals surface area contributed by atoms with Gasteiger partial charge in [-0.2, -0.15) is 0 Å². The van der Waals surface area contributed by atoms with Crippen molar-refractivity contribution in [1.82, 2.24) is 4.90 Å². The van der Waals surface area contributed by atoms with Crippen molar-refractivity contribution in [3.63, 3.8) is 0 Å². The first-order valence-corrected chi connectivity index (χ1v) is 8.04. The summed E-state index contributed by atoms with van der Waals surface area (Å²) >= 11 is 1.97. The highest BCUT2D eigenvalue weighted by Crippen LogP contribution is 2.35. The zero-order chi connectivity index (χ0) is 15.6. The molecule has 1 atom stereocenters. The van der Waals surface area contributed by atoms with Crippen molar-refractivity contribution in [2.24, 2.45) is 0 Å². The minimum absolute atomic E-state index is 0.0389. The number of hydrogen-bond acceptors (Lipinski definition) is 3. The number of phenolic OH excluding ortho intramolecular Hbond substituents is 1. The topological polar surface area (TPSA) is 77.8 Å². The summed E-state index contributed by atoms with van der Waals surface area (Å²) in [5.41, 5.74) is -0.777. The molecule has 6 heteroatoms. The van der Waals surface area contributed by atoms with Crippen molar-refractivity contribution in [2.75, 3.05) is 6.54 Å². The van der Waals surface area contributed by atoms with Gasteiger partial charge >= 0.3 is 5.97 Å². The number of aromatic hydroxyl groups is 1. The zero-order valence-corrected chi connectivity index (χ0v) is 14.0. The van der Waals surface area contributed by atoms with Crippen molar-refractivity contribution in [2.45, 2.75) is 38.1 Å². The largest absolute Gasteiger partial charge is 0.507 e. The van der Waals surface area contributed by atoms with Crippen LogP contribution in [0.1, 0.15) is 43.0 Å². The van der Waals surface area contributed by atoms with E-state index in [1.165, 1.54) is 11.0 Å². The number of hydrogen-bond donors (Lipinski definition) is 2. The van der Waals surface area contributed by atoms with E-state index in [2.05, 4.69) is 0 Å². The predicted molar refractivity (Wildman–Crippen MR) is 86.4 cm³/mol. The lowest BCUT2D eigenvalue weighted by molar-refractivity contribution is -0.148. The summed E-state index contributed by atoms with van der Waals surface area (Å²) in [6.07, 6.45) is 2.32. The second kappa shape index (κ2) is 6.21. The molecule has 1 aliphatic rings. The number of amides is 1. The molecule has 0 aromatic heterocycles. The van der Waals surface area contributed by atoms with Crippen molar-refractivity contribution >= 4 is 34.5 Å². The second-order valence-electron chi connectivity index (χ2n) is 5.31. The predicted octanol–water partition coefficient (Wildman–Crippen LogP) is 2.86. The number of carbonyl (C=O) groups is 2. The molecular weight excluding hydrogens is 385 g/mol. The van der Waals surface area contributed by atoms with Gasteiger partial charge in [0.25, 0.3) is 5.91 Å². The molecule has 5 nitrogen and oxygen atoms in total. The number of benzene rings is 1. The summed E-state index contributed by atoms with van der Waals surface area (Å²) < 4.78 is 0.656. The summed E-state index contributed by atoms with van der Waals surface area (Å²) in [7, 11) is 0. The third-order valence-corrected chi connectivity index (χ3v) is 4.90. The van der Waals surface area contributed by atoms with Crippen LogP contribution in [0.5, 0.6) is 5.75 Å². The molecule has 0 saturated carbocycles. The molecule has 0 spiro atoms. The van der Waals surface area contributed by atoms with Gasteiger partial charge in [0.05, 0.1) is 3.57 Å². The van der Waals surface area contributed by atoms with Crippen LogP contribution >= 0.6 is 22.6 Å². The van der Waals surface area contributed by atoms with Crippen LogP contribution in [0.4, 0.5) is 0 Å². The number of aliphatic carboxylic acids is 1. The average molecular weight is 403 g/mol. The van der Waals surface area contributed by atoms with E-state index in [0.717, 1.165) is 0 Å². The molecular formula is C15H18INO4. The fraction of sp³-hybridized carbons (Fsp3) is 0.467. The third kappa shape index (κ3) is 2.86. The van der Waals surface area contributed by atoms with Crippen molar-refractivity contribution < 1.29 is 19.8 Å². The molecule has 1 fully saturated rings. The molecule has 1 heterocycles. The molecule has 2 rings (SSSR count). The van der Waals surface area contributed by atoms with Gasteiger partial charge < -0.3 is 15.1 Å². The number of carbonyl (C=O) groups excluding carboxylic acids is 1. The number of likely N-dealkylation sites (tertiary alicyclic amines) is 1. The van der Waals surface area contributed by atoms with Crippen molar-refractivity contribution in [3.8, 4) is 5.75 Å². The monoisotopic (exact) mass is 403 g/mol. The normalized spacial score (nSPS) is 21.5. The number of nitrogens with zero attached hydrogens (tertiary/aromatic N) is 1. The number of halogens is 1. The molecule has 1 aromatic rings. The molecule has 1 aromatic carbocycles. The highest BCUT2D eigenvalue weighted by atomic mass is 127. The Kier molecular flexibility index (Phi) is 4.75. The van der Waals surface area contributed by atoms with Gasteiger partial charge in [-0.25, -0.2) is 4.79 Å². The Hall–Kier alpha value is -1.31. The summed E-state index contributed by atoms with van der Waals surface area (Å²) in [6, 6.07) is 4.68. The Morgan fingerprint density at radius 1 is 1.43 bits per heavy atom. The minimum Gasteiger partial charge on any atom is -0.507 e. The maximum Gasteiger partial charge on any atom is 0.329 e. The van der Waals surface area contributed by atoms with Gasteiger partial charge in [-0.15, -0.1) is 0 Å². The number of carboxylic acids is 1. The van der Waals surface area contributed by atoms with Crippen molar-refractivity contribution in [3.05, 3.63) is 27.3 Å². The molecule has 21 heavy (non-hydrogen) atoms. The number of phenols is 1. The van der Waals surface area contributed by atoms with Crippen LogP contribution in [0.3, 0.4) is 0 Å². The van der Waals surface area contributed by atoms with Gasteiger partial charge in [0.15, 0.2) is 0 Å². The number of carboxylic acid groups (broad SMARTS) is 1. The molecule has 1 aliphatic heterocycles. The molecule has 114 valence electrons. The highest BCUT2D eigenvalue weighted by molar-refractivity contribution is 14.1. The summed E-state index contributed by atoms with van der Waals surface area (Å²) in [5, 5.41) is 19.4. The summed E-state index contributed by atoms with van der Waals surface area (Å²) in [4.78, 5) is 25.8. The van der Waals surface area contributed by atoms with Gasteiger partial charge in [0, 0.05) is 12.1 Å². The van der Waals surface area contributed by atoms with E-state index in [9.17, 15) is 19.8 Å². The SMILES string of the molecule is CCCC1(C(=O)O)CCCN1C(=O)c1ccc(I)c(O)c1. The smallest absolute Gasteiger partial charge is 0.329 e. The Morgan fingerprint density at radius 3 is 2.71 bits per heavy atom. The lowest BCUT2D eigenvalue weighted by Crippen LogP contribution is -2.53. The Morgan fingerprint density at radius 2 is 2.14 bits per heavy atom. The van der Waals surface area contributed by atoms with E-state index < -0.39 is 11.5 Å². The molecule has 1 saturated heterocycles. The van der Waals surface area contributed by atoms with Gasteiger partial charge in [-0.1, -0.05) is 13.3 Å². The standard InChI is InChI=1S/C15H18INO4/c1-2-6-15(14(20)21)7-3-8-17(15)13(19)10-4-5-11(16)12(18)9-10/h4-5,9,18H,2-3,6-8H2,1H3,(H,20,21). The Bertz CT molecular complexity index is 575. The third-order valence-electron chi connectivity index (χ3n) is 3.99. The van der Waals surface area contributed by atoms with Crippen LogP contribution in [0.2, 0.25) is 0 Å². The van der Waals surface area contributed by atoms with Gasteiger partial charge in [0.1, 0.15) is 11.3 Å². The summed E-state index contributed by atoms with van der Waals surface area (Å²) in [6.45, 7) is 2.36. The molecule has 0 bridgehead atoms. The Labute approximate surface area is 137 Å². The molecule has 0 radical (unpaired) electrons. The minimum atomic E-state index is -1.11. The zero-order valence-electron chi connectivity index (χ0n) is 11.8. The molecule has 1 unspecified atom stereocenters. The molecule has 1 amide bonds. The maximum absolute atomic E-state index is 12.7. The molecule has 0 aliphatic carbocycles. The van der Waals surface area contributed by atoms with Gasteiger partial charge in [-0.3, -0.25) is 4.79 Å².